The summed E-state index contributed by atoms with van der Waals surface area (Å²) in [4.78, 5) is 3.43. The SMILES string of the molecule is Oc1nc(Cl)c(Cl)cc1Cl.[NaH]. The molecule has 1 heterocycles. The Bertz CT molecular complexity index is 218. The average molecular weight is 222 g/mol. The summed E-state index contributed by atoms with van der Waals surface area (Å²) in [6.07, 6.45) is 0. The van der Waals surface area contributed by atoms with Gasteiger partial charge in [0.2, 0.25) is 5.88 Å². The molecule has 0 saturated carbocycles. The number of aromatic nitrogens is 1. The second-order valence-electron chi connectivity index (χ2n) is 1.57. The van der Waals surface area contributed by atoms with Gasteiger partial charge in [0.1, 0.15) is 5.02 Å². The Hall–Kier alpha value is 0.820. The Balaban J connectivity index is 0.000001000. The molecule has 56 valence electrons. The first-order valence-corrected chi connectivity index (χ1v) is 3.45. The Kier molecular flexibility index (Phi) is 5.10. The fraction of sp³-hybridized carbons (Fsp3) is 0. The van der Waals surface area contributed by atoms with Gasteiger partial charge in [-0.15, -0.1) is 0 Å². The van der Waals surface area contributed by atoms with Crippen LogP contribution in [0.2, 0.25) is 15.2 Å². The fourth-order valence-corrected chi connectivity index (χ4v) is 0.928. The van der Waals surface area contributed by atoms with Crippen molar-refractivity contribution in [2.45, 2.75) is 0 Å². The molecular weight excluding hydrogens is 219 g/mol. The number of hydrogen-bond acceptors (Lipinski definition) is 2. The van der Waals surface area contributed by atoms with Gasteiger partial charge in [-0.2, -0.15) is 4.98 Å². The van der Waals surface area contributed by atoms with Gasteiger partial charge in [-0.25, -0.2) is 0 Å². The Morgan fingerprint density at radius 3 is 2.18 bits per heavy atom. The van der Waals surface area contributed by atoms with Crippen LogP contribution in [0.3, 0.4) is 0 Å². The van der Waals surface area contributed by atoms with E-state index in [4.69, 9.17) is 39.9 Å². The van der Waals surface area contributed by atoms with Crippen LogP contribution in [0.5, 0.6) is 5.88 Å². The summed E-state index contributed by atoms with van der Waals surface area (Å²) in [5.41, 5.74) is 0. The summed E-state index contributed by atoms with van der Waals surface area (Å²) in [6, 6.07) is 1.33. The van der Waals surface area contributed by atoms with Crippen molar-refractivity contribution in [1.82, 2.24) is 4.98 Å². The maximum absolute atomic E-state index is 8.84. The predicted octanol–water partition coefficient (Wildman–Crippen LogP) is 2.10. The zero-order valence-corrected chi connectivity index (χ0v) is 6.87. The molecule has 1 aromatic rings. The molecule has 0 unspecified atom stereocenters. The molecule has 6 heteroatoms. The maximum atomic E-state index is 8.84. The van der Waals surface area contributed by atoms with Crippen LogP contribution in [-0.2, 0) is 0 Å². The van der Waals surface area contributed by atoms with Gasteiger partial charge in [0, 0.05) is 0 Å². The Labute approximate surface area is 101 Å². The molecule has 0 spiro atoms. The van der Waals surface area contributed by atoms with Crippen molar-refractivity contribution in [3.05, 3.63) is 21.3 Å². The molecule has 0 atom stereocenters. The van der Waals surface area contributed by atoms with Crippen LogP contribution in [0.25, 0.3) is 0 Å². The van der Waals surface area contributed by atoms with E-state index in [0.717, 1.165) is 0 Å². The van der Waals surface area contributed by atoms with Gasteiger partial charge in [0.25, 0.3) is 0 Å². The van der Waals surface area contributed by atoms with Gasteiger partial charge in [-0.1, -0.05) is 34.8 Å². The van der Waals surface area contributed by atoms with Crippen LogP contribution in [-0.4, -0.2) is 39.6 Å². The molecule has 2 nitrogen and oxygen atoms in total. The van der Waals surface area contributed by atoms with Crippen molar-refractivity contribution in [2.75, 3.05) is 0 Å². The molecular formula is C5H3Cl3NNaO. The second-order valence-corrected chi connectivity index (χ2v) is 2.74. The van der Waals surface area contributed by atoms with Crippen LogP contribution >= 0.6 is 34.8 Å². The molecule has 0 aliphatic rings. The number of nitrogens with zero attached hydrogens (tertiary/aromatic N) is 1. The number of hydrogen-bond donors (Lipinski definition) is 1. The van der Waals surface area contributed by atoms with Crippen LogP contribution < -0.4 is 0 Å². The number of halogens is 3. The van der Waals surface area contributed by atoms with E-state index in [-0.39, 0.29) is 50.6 Å². The number of pyridine rings is 1. The van der Waals surface area contributed by atoms with Gasteiger partial charge in [-0.05, 0) is 6.07 Å². The molecule has 0 saturated heterocycles. The quantitative estimate of drug-likeness (QED) is 0.539. The van der Waals surface area contributed by atoms with E-state index in [1.54, 1.807) is 0 Å². The topological polar surface area (TPSA) is 33.1 Å². The van der Waals surface area contributed by atoms with Crippen molar-refractivity contribution in [2.24, 2.45) is 0 Å². The van der Waals surface area contributed by atoms with Gasteiger partial charge < -0.3 is 5.11 Å². The number of aromatic hydroxyl groups is 1. The minimum atomic E-state index is -0.309. The first-order valence-electron chi connectivity index (χ1n) is 2.32. The molecule has 0 aliphatic heterocycles. The van der Waals surface area contributed by atoms with Crippen molar-refractivity contribution < 1.29 is 5.11 Å². The van der Waals surface area contributed by atoms with E-state index in [1.807, 2.05) is 0 Å². The molecule has 0 aromatic carbocycles. The molecule has 0 bridgehead atoms. The normalized spacial score (nSPS) is 9.00. The summed E-state index contributed by atoms with van der Waals surface area (Å²) in [5.74, 6) is -0.309. The molecule has 1 aromatic heterocycles. The summed E-state index contributed by atoms with van der Waals surface area (Å²) < 4.78 is 0. The van der Waals surface area contributed by atoms with Crippen molar-refractivity contribution >= 4 is 64.4 Å². The minimum absolute atomic E-state index is 0. The predicted molar refractivity (Wildman–Crippen MR) is 48.1 cm³/mol. The third-order valence-electron chi connectivity index (χ3n) is 0.868. The van der Waals surface area contributed by atoms with E-state index < -0.39 is 0 Å². The van der Waals surface area contributed by atoms with Gasteiger partial charge in [0.05, 0.1) is 5.02 Å². The monoisotopic (exact) mass is 221 g/mol. The summed E-state index contributed by atoms with van der Waals surface area (Å²) in [6.45, 7) is 0. The summed E-state index contributed by atoms with van der Waals surface area (Å²) in [7, 11) is 0. The van der Waals surface area contributed by atoms with Crippen molar-refractivity contribution in [3.63, 3.8) is 0 Å². The van der Waals surface area contributed by atoms with E-state index in [0.29, 0.717) is 0 Å². The third kappa shape index (κ3) is 2.98. The molecule has 0 fully saturated rings. The molecule has 1 N–H and O–H groups in total. The van der Waals surface area contributed by atoms with Gasteiger partial charge in [0.15, 0.2) is 5.15 Å². The summed E-state index contributed by atoms with van der Waals surface area (Å²) >= 11 is 16.4. The summed E-state index contributed by atoms with van der Waals surface area (Å²) in [5, 5.41) is 9.20. The second kappa shape index (κ2) is 4.75. The van der Waals surface area contributed by atoms with Crippen LogP contribution in [0.1, 0.15) is 0 Å². The molecule has 11 heavy (non-hydrogen) atoms. The van der Waals surface area contributed by atoms with Crippen LogP contribution in [0.15, 0.2) is 6.07 Å². The van der Waals surface area contributed by atoms with Gasteiger partial charge in [-0.3, -0.25) is 0 Å². The van der Waals surface area contributed by atoms with Crippen molar-refractivity contribution in [3.8, 4) is 5.88 Å². The average Bonchev–Trinajstić information content (AvgIpc) is 1.84. The number of rotatable bonds is 0. The van der Waals surface area contributed by atoms with Crippen LogP contribution in [0.4, 0.5) is 0 Å². The van der Waals surface area contributed by atoms with E-state index in [1.165, 1.54) is 6.07 Å². The zero-order valence-electron chi connectivity index (χ0n) is 4.61. The first-order chi connectivity index (χ1) is 4.61. The van der Waals surface area contributed by atoms with Crippen LogP contribution in [0, 0.1) is 0 Å². The third-order valence-corrected chi connectivity index (χ3v) is 1.82. The Morgan fingerprint density at radius 2 is 1.73 bits per heavy atom. The fourth-order valence-electron chi connectivity index (χ4n) is 0.435. The van der Waals surface area contributed by atoms with E-state index in [2.05, 4.69) is 4.98 Å². The first kappa shape index (κ1) is 11.8. The molecule has 0 radical (unpaired) electrons. The molecule has 1 rings (SSSR count). The van der Waals surface area contributed by atoms with Gasteiger partial charge >= 0.3 is 29.6 Å². The molecule has 0 aliphatic carbocycles. The standard InChI is InChI=1S/C5H2Cl3NO.Na.H/c6-2-1-3(7)5(10)9-4(2)8;;/h1H,(H,9,10);;. The zero-order chi connectivity index (χ0) is 7.72. The van der Waals surface area contributed by atoms with E-state index >= 15 is 0 Å². The van der Waals surface area contributed by atoms with Crippen molar-refractivity contribution in [1.29, 1.82) is 0 Å². The van der Waals surface area contributed by atoms with E-state index in [9.17, 15) is 0 Å². The Morgan fingerprint density at radius 1 is 1.18 bits per heavy atom. The molecule has 0 amide bonds.